The summed E-state index contributed by atoms with van der Waals surface area (Å²) < 4.78 is 26.3. The predicted molar refractivity (Wildman–Crippen MR) is 68.8 cm³/mol. The Bertz CT molecular complexity index is 652. The van der Waals surface area contributed by atoms with Gasteiger partial charge in [0, 0.05) is 11.6 Å². The Balaban J connectivity index is 2.10. The van der Waals surface area contributed by atoms with E-state index in [1.807, 2.05) is 0 Å². The number of halogens is 1. The van der Waals surface area contributed by atoms with Gasteiger partial charge >= 0.3 is 0 Å². The fraction of sp³-hybridized carbons (Fsp3) is 0.182. The van der Waals surface area contributed by atoms with E-state index in [2.05, 4.69) is 14.7 Å². The Hall–Kier alpha value is -1.37. The molecule has 0 atom stereocenters. The maximum atomic E-state index is 11.9. The molecule has 0 aliphatic rings. The second-order valence-corrected chi connectivity index (χ2v) is 5.96. The van der Waals surface area contributed by atoms with Gasteiger partial charge in [-0.1, -0.05) is 23.7 Å². The number of hydrogen-bond donors (Lipinski definition) is 2. The van der Waals surface area contributed by atoms with Crippen molar-refractivity contribution in [2.75, 3.05) is 0 Å². The van der Waals surface area contributed by atoms with Crippen LogP contribution in [0.3, 0.4) is 0 Å². The van der Waals surface area contributed by atoms with Crippen molar-refractivity contribution in [1.82, 2.24) is 14.7 Å². The summed E-state index contributed by atoms with van der Waals surface area (Å²) in [6, 6.07) is 7.01. The lowest BCUT2D eigenvalue weighted by Gasteiger charge is -2.05. The maximum Gasteiger partial charge on any atom is 0.257 e. The van der Waals surface area contributed by atoms with Crippen LogP contribution in [-0.4, -0.2) is 18.4 Å². The van der Waals surface area contributed by atoms with Gasteiger partial charge < -0.3 is 4.98 Å². The van der Waals surface area contributed by atoms with Crippen LogP contribution in [-0.2, 0) is 16.6 Å². The molecule has 2 rings (SSSR count). The molecule has 1 heterocycles. The Morgan fingerprint density at radius 1 is 1.44 bits per heavy atom. The molecule has 7 heteroatoms. The normalized spacial score (nSPS) is 11.7. The zero-order chi connectivity index (χ0) is 13.2. The summed E-state index contributed by atoms with van der Waals surface area (Å²) in [5, 5.41) is 0.631. The van der Waals surface area contributed by atoms with Crippen LogP contribution < -0.4 is 4.72 Å². The molecule has 0 bridgehead atoms. The molecule has 1 aromatic carbocycles. The van der Waals surface area contributed by atoms with Gasteiger partial charge in [-0.2, -0.15) is 0 Å². The minimum absolute atomic E-state index is 0.0574. The highest BCUT2D eigenvalue weighted by Gasteiger charge is 2.15. The summed E-state index contributed by atoms with van der Waals surface area (Å²) in [4.78, 5) is 6.53. The quantitative estimate of drug-likeness (QED) is 0.900. The average molecular weight is 286 g/mol. The van der Waals surface area contributed by atoms with Crippen LogP contribution >= 0.6 is 11.6 Å². The molecule has 18 heavy (non-hydrogen) atoms. The van der Waals surface area contributed by atoms with Gasteiger partial charge in [-0.05, 0) is 24.6 Å². The molecule has 0 fully saturated rings. The summed E-state index contributed by atoms with van der Waals surface area (Å²) in [5.41, 5.74) is 0.794. The third-order valence-corrected chi connectivity index (χ3v) is 3.87. The largest absolute Gasteiger partial charge is 0.332 e. The van der Waals surface area contributed by atoms with Crippen molar-refractivity contribution in [3.63, 3.8) is 0 Å². The molecule has 2 aromatic rings. The first-order chi connectivity index (χ1) is 8.47. The Kier molecular flexibility index (Phi) is 3.70. The van der Waals surface area contributed by atoms with E-state index in [4.69, 9.17) is 11.6 Å². The number of aromatic nitrogens is 2. The fourth-order valence-electron chi connectivity index (χ4n) is 1.44. The predicted octanol–water partition coefficient (Wildman–Crippen LogP) is 1.85. The zero-order valence-corrected chi connectivity index (χ0v) is 11.2. The SMILES string of the molecule is Cc1ncc(S(=O)(=O)NCc2cccc(Cl)c2)[nH]1. The van der Waals surface area contributed by atoms with Crippen LogP contribution in [0.25, 0.3) is 0 Å². The van der Waals surface area contributed by atoms with Crippen molar-refractivity contribution in [2.24, 2.45) is 0 Å². The monoisotopic (exact) mass is 285 g/mol. The van der Waals surface area contributed by atoms with E-state index >= 15 is 0 Å². The summed E-state index contributed by atoms with van der Waals surface area (Å²) in [7, 11) is -3.56. The zero-order valence-electron chi connectivity index (χ0n) is 9.64. The average Bonchev–Trinajstić information content (AvgIpc) is 2.74. The lowest BCUT2D eigenvalue weighted by molar-refractivity contribution is 0.578. The van der Waals surface area contributed by atoms with E-state index in [-0.39, 0.29) is 11.6 Å². The van der Waals surface area contributed by atoms with E-state index in [9.17, 15) is 8.42 Å². The highest BCUT2D eigenvalue weighted by atomic mass is 35.5. The molecule has 0 unspecified atom stereocenters. The molecule has 0 amide bonds. The molecular weight excluding hydrogens is 274 g/mol. The third kappa shape index (κ3) is 3.10. The van der Waals surface area contributed by atoms with Gasteiger partial charge in [0.25, 0.3) is 10.0 Å². The molecular formula is C11H12ClN3O2S. The van der Waals surface area contributed by atoms with Gasteiger partial charge in [-0.25, -0.2) is 18.1 Å². The van der Waals surface area contributed by atoms with E-state index in [0.29, 0.717) is 10.8 Å². The first-order valence-electron chi connectivity index (χ1n) is 5.23. The number of nitrogens with zero attached hydrogens (tertiary/aromatic N) is 1. The van der Waals surface area contributed by atoms with Crippen LogP contribution in [0.15, 0.2) is 35.5 Å². The van der Waals surface area contributed by atoms with Crippen molar-refractivity contribution >= 4 is 21.6 Å². The van der Waals surface area contributed by atoms with E-state index < -0.39 is 10.0 Å². The lowest BCUT2D eigenvalue weighted by Crippen LogP contribution is -2.23. The number of nitrogens with one attached hydrogen (secondary N) is 2. The minimum atomic E-state index is -3.56. The van der Waals surface area contributed by atoms with E-state index in [1.54, 1.807) is 31.2 Å². The van der Waals surface area contributed by atoms with Gasteiger partial charge in [0.2, 0.25) is 0 Å². The van der Waals surface area contributed by atoms with Crippen LogP contribution in [0.1, 0.15) is 11.4 Å². The van der Waals surface area contributed by atoms with Crippen LogP contribution in [0.5, 0.6) is 0 Å². The topological polar surface area (TPSA) is 74.8 Å². The molecule has 0 aliphatic carbocycles. The van der Waals surface area contributed by atoms with Crippen LogP contribution in [0.4, 0.5) is 0 Å². The second-order valence-electron chi connectivity index (χ2n) is 3.79. The van der Waals surface area contributed by atoms with Crippen molar-refractivity contribution in [3.05, 3.63) is 46.9 Å². The second kappa shape index (κ2) is 5.09. The van der Waals surface area contributed by atoms with Crippen LogP contribution in [0, 0.1) is 6.92 Å². The van der Waals surface area contributed by atoms with Crippen LogP contribution in [0.2, 0.25) is 5.02 Å². The maximum absolute atomic E-state index is 11.9. The summed E-state index contributed by atoms with van der Waals surface area (Å²) in [6.45, 7) is 1.87. The summed E-state index contributed by atoms with van der Waals surface area (Å²) in [5.74, 6) is 0.554. The number of rotatable bonds is 4. The van der Waals surface area contributed by atoms with Crippen molar-refractivity contribution in [3.8, 4) is 0 Å². The van der Waals surface area contributed by atoms with Gasteiger partial charge in [0.1, 0.15) is 5.82 Å². The fourth-order valence-corrected chi connectivity index (χ4v) is 2.64. The summed E-state index contributed by atoms with van der Waals surface area (Å²) >= 11 is 5.82. The standard InChI is InChI=1S/C11H12ClN3O2S/c1-8-13-7-11(15-8)18(16,17)14-6-9-3-2-4-10(12)5-9/h2-5,7,14H,6H2,1H3,(H,13,15). The molecule has 0 aliphatic heterocycles. The molecule has 5 nitrogen and oxygen atoms in total. The third-order valence-electron chi connectivity index (χ3n) is 2.32. The van der Waals surface area contributed by atoms with Gasteiger partial charge in [-0.15, -0.1) is 0 Å². The van der Waals surface area contributed by atoms with E-state index in [1.165, 1.54) is 6.20 Å². The molecule has 0 saturated carbocycles. The highest BCUT2D eigenvalue weighted by molar-refractivity contribution is 7.89. The molecule has 0 saturated heterocycles. The lowest BCUT2D eigenvalue weighted by atomic mass is 10.2. The molecule has 1 aromatic heterocycles. The number of sulfonamides is 1. The first-order valence-corrected chi connectivity index (χ1v) is 7.09. The molecule has 2 N–H and O–H groups in total. The summed E-state index contributed by atoms with van der Waals surface area (Å²) in [6.07, 6.45) is 1.29. The molecule has 0 radical (unpaired) electrons. The van der Waals surface area contributed by atoms with Crippen molar-refractivity contribution in [1.29, 1.82) is 0 Å². The number of H-pyrrole nitrogens is 1. The highest BCUT2D eigenvalue weighted by Crippen LogP contribution is 2.11. The van der Waals surface area contributed by atoms with Gasteiger partial charge in [0.15, 0.2) is 5.03 Å². The number of imidazole rings is 1. The number of aryl methyl sites for hydroxylation is 1. The smallest absolute Gasteiger partial charge is 0.257 e. The molecule has 96 valence electrons. The van der Waals surface area contributed by atoms with Crippen molar-refractivity contribution < 1.29 is 8.42 Å². The van der Waals surface area contributed by atoms with Gasteiger partial charge in [0.05, 0.1) is 6.20 Å². The Morgan fingerprint density at radius 3 is 2.83 bits per heavy atom. The minimum Gasteiger partial charge on any atom is -0.332 e. The number of aromatic amines is 1. The number of hydrogen-bond acceptors (Lipinski definition) is 3. The van der Waals surface area contributed by atoms with Gasteiger partial charge in [-0.3, -0.25) is 0 Å². The Labute approximate surface area is 110 Å². The number of benzene rings is 1. The van der Waals surface area contributed by atoms with E-state index in [0.717, 1.165) is 5.56 Å². The van der Waals surface area contributed by atoms with Crippen molar-refractivity contribution in [2.45, 2.75) is 18.5 Å². The Morgan fingerprint density at radius 2 is 2.22 bits per heavy atom. The molecule has 0 spiro atoms. The first kappa shape index (κ1) is 13.1.